The summed E-state index contributed by atoms with van der Waals surface area (Å²) in [6, 6.07) is 0.534. The zero-order valence-corrected chi connectivity index (χ0v) is 11.0. The summed E-state index contributed by atoms with van der Waals surface area (Å²) in [5.41, 5.74) is 1.21. The minimum absolute atomic E-state index is 0.212. The Balaban J connectivity index is 2.01. The fourth-order valence-electron chi connectivity index (χ4n) is 2.39. The van der Waals surface area contributed by atoms with Gasteiger partial charge in [0.2, 0.25) is 0 Å². The molecule has 2 rings (SSSR count). The van der Waals surface area contributed by atoms with Crippen molar-refractivity contribution in [2.45, 2.75) is 38.8 Å². The number of hydrogen-bond donors (Lipinski definition) is 1. The highest BCUT2D eigenvalue weighted by atomic mass is 16.5. The van der Waals surface area contributed by atoms with Gasteiger partial charge < -0.3 is 10.1 Å². The molecule has 2 atom stereocenters. The van der Waals surface area contributed by atoms with Crippen LogP contribution in [0.15, 0.2) is 12.4 Å². The molecule has 2 heterocycles. The molecule has 4 heteroatoms. The molecule has 0 radical (unpaired) electrons. The molecule has 0 amide bonds. The third kappa shape index (κ3) is 3.30. The molecule has 1 aliphatic rings. The predicted molar refractivity (Wildman–Crippen MR) is 67.8 cm³/mol. The summed E-state index contributed by atoms with van der Waals surface area (Å²) in [6.45, 7) is 6.26. The van der Waals surface area contributed by atoms with Crippen molar-refractivity contribution >= 4 is 0 Å². The summed E-state index contributed by atoms with van der Waals surface area (Å²) in [5.74, 6) is 0.565. The first-order valence-electron chi connectivity index (χ1n) is 6.50. The lowest BCUT2D eigenvalue weighted by Gasteiger charge is -2.32. The average molecular weight is 237 g/mol. The monoisotopic (exact) mass is 237 g/mol. The van der Waals surface area contributed by atoms with Crippen LogP contribution >= 0.6 is 0 Å². The Labute approximate surface area is 103 Å². The van der Waals surface area contributed by atoms with Crippen molar-refractivity contribution in [3.8, 4) is 0 Å². The minimum atomic E-state index is 0.212. The van der Waals surface area contributed by atoms with Crippen molar-refractivity contribution in [2.75, 3.05) is 13.2 Å². The number of aromatic nitrogens is 2. The van der Waals surface area contributed by atoms with Gasteiger partial charge in [0, 0.05) is 43.9 Å². The molecule has 4 nitrogen and oxygen atoms in total. The highest BCUT2D eigenvalue weighted by Gasteiger charge is 2.28. The van der Waals surface area contributed by atoms with E-state index in [1.165, 1.54) is 18.4 Å². The second-order valence-electron chi connectivity index (χ2n) is 5.20. The predicted octanol–water partition coefficient (Wildman–Crippen LogP) is 1.89. The fraction of sp³-hybridized carbons (Fsp3) is 0.769. The van der Waals surface area contributed by atoms with Crippen molar-refractivity contribution in [3.05, 3.63) is 18.0 Å². The largest absolute Gasteiger partial charge is 0.373 e. The smallest absolute Gasteiger partial charge is 0.0895 e. The Hall–Kier alpha value is -0.870. The van der Waals surface area contributed by atoms with Gasteiger partial charge in [-0.1, -0.05) is 13.8 Å². The van der Waals surface area contributed by atoms with E-state index in [2.05, 4.69) is 30.5 Å². The van der Waals surface area contributed by atoms with Gasteiger partial charge in [0.15, 0.2) is 0 Å². The molecular weight excluding hydrogens is 214 g/mol. The molecule has 0 aromatic carbocycles. The first-order valence-corrected chi connectivity index (χ1v) is 6.50. The SMILES string of the molecule is CC(C)NCC1CCCOC1c1cnn(C)c1. The molecule has 17 heavy (non-hydrogen) atoms. The Morgan fingerprint density at radius 2 is 2.41 bits per heavy atom. The third-order valence-electron chi connectivity index (χ3n) is 3.29. The summed E-state index contributed by atoms with van der Waals surface area (Å²) in [7, 11) is 1.95. The Morgan fingerprint density at radius 1 is 1.59 bits per heavy atom. The van der Waals surface area contributed by atoms with Gasteiger partial charge >= 0.3 is 0 Å². The van der Waals surface area contributed by atoms with E-state index in [-0.39, 0.29) is 6.10 Å². The van der Waals surface area contributed by atoms with E-state index in [4.69, 9.17) is 4.74 Å². The standard InChI is InChI=1S/C13H23N3O/c1-10(2)14-7-11-5-4-6-17-13(11)12-8-15-16(3)9-12/h8-11,13-14H,4-7H2,1-3H3. The number of aryl methyl sites for hydroxylation is 1. The van der Waals surface area contributed by atoms with Crippen molar-refractivity contribution in [2.24, 2.45) is 13.0 Å². The maximum Gasteiger partial charge on any atom is 0.0895 e. The maximum atomic E-state index is 5.93. The lowest BCUT2D eigenvalue weighted by Crippen LogP contribution is -2.34. The molecule has 0 saturated carbocycles. The molecule has 2 unspecified atom stereocenters. The van der Waals surface area contributed by atoms with Crippen LogP contribution in [0.4, 0.5) is 0 Å². The van der Waals surface area contributed by atoms with Crippen LogP contribution in [0, 0.1) is 5.92 Å². The lowest BCUT2D eigenvalue weighted by atomic mass is 9.90. The van der Waals surface area contributed by atoms with Crippen LogP contribution in [0.3, 0.4) is 0 Å². The van der Waals surface area contributed by atoms with Gasteiger partial charge in [0.05, 0.1) is 12.3 Å². The number of nitrogens with one attached hydrogen (secondary N) is 1. The Bertz CT molecular complexity index is 348. The minimum Gasteiger partial charge on any atom is -0.373 e. The molecule has 1 aromatic heterocycles. The first kappa shape index (κ1) is 12.6. The van der Waals surface area contributed by atoms with Crippen LogP contribution in [0.2, 0.25) is 0 Å². The molecule has 1 aromatic rings. The van der Waals surface area contributed by atoms with Gasteiger partial charge in [-0.3, -0.25) is 4.68 Å². The fourth-order valence-corrected chi connectivity index (χ4v) is 2.39. The zero-order valence-electron chi connectivity index (χ0n) is 11.0. The molecular formula is C13H23N3O. The van der Waals surface area contributed by atoms with Crippen LogP contribution in [0.5, 0.6) is 0 Å². The number of nitrogens with zero attached hydrogens (tertiary/aromatic N) is 2. The highest BCUT2D eigenvalue weighted by molar-refractivity contribution is 5.10. The lowest BCUT2D eigenvalue weighted by molar-refractivity contribution is -0.0282. The van der Waals surface area contributed by atoms with Gasteiger partial charge in [0.25, 0.3) is 0 Å². The van der Waals surface area contributed by atoms with E-state index in [9.17, 15) is 0 Å². The molecule has 1 fully saturated rings. The van der Waals surface area contributed by atoms with Gasteiger partial charge in [0.1, 0.15) is 0 Å². The summed E-state index contributed by atoms with van der Waals surface area (Å²) in [6.07, 6.45) is 6.61. The molecule has 0 aliphatic carbocycles. The Morgan fingerprint density at radius 3 is 3.06 bits per heavy atom. The molecule has 0 bridgehead atoms. The van der Waals surface area contributed by atoms with Gasteiger partial charge in [-0.2, -0.15) is 5.10 Å². The molecule has 1 aliphatic heterocycles. The average Bonchev–Trinajstić information content (AvgIpc) is 2.73. The van der Waals surface area contributed by atoms with Gasteiger partial charge in [-0.05, 0) is 12.8 Å². The molecule has 96 valence electrons. The number of rotatable bonds is 4. The molecule has 1 saturated heterocycles. The maximum absolute atomic E-state index is 5.93. The van der Waals surface area contributed by atoms with Crippen molar-refractivity contribution in [3.63, 3.8) is 0 Å². The van der Waals surface area contributed by atoms with Crippen LogP contribution in [0.1, 0.15) is 38.4 Å². The normalized spacial score (nSPS) is 25.4. The van der Waals surface area contributed by atoms with Gasteiger partial charge in [-0.15, -0.1) is 0 Å². The van der Waals surface area contributed by atoms with E-state index >= 15 is 0 Å². The van der Waals surface area contributed by atoms with Crippen LogP contribution in [-0.4, -0.2) is 29.0 Å². The summed E-state index contributed by atoms with van der Waals surface area (Å²) >= 11 is 0. The zero-order chi connectivity index (χ0) is 12.3. The van der Waals surface area contributed by atoms with Gasteiger partial charge in [-0.25, -0.2) is 0 Å². The summed E-state index contributed by atoms with van der Waals surface area (Å²) < 4.78 is 7.78. The van der Waals surface area contributed by atoms with Crippen LogP contribution < -0.4 is 5.32 Å². The van der Waals surface area contributed by atoms with Crippen molar-refractivity contribution in [1.29, 1.82) is 0 Å². The molecule has 0 spiro atoms. The van der Waals surface area contributed by atoms with Crippen LogP contribution in [-0.2, 0) is 11.8 Å². The molecule has 1 N–H and O–H groups in total. The van der Waals surface area contributed by atoms with Crippen molar-refractivity contribution in [1.82, 2.24) is 15.1 Å². The first-order chi connectivity index (χ1) is 8.16. The quantitative estimate of drug-likeness (QED) is 0.869. The van der Waals surface area contributed by atoms with E-state index < -0.39 is 0 Å². The number of ether oxygens (including phenoxy) is 1. The Kier molecular flexibility index (Phi) is 4.18. The highest BCUT2D eigenvalue weighted by Crippen LogP contribution is 2.32. The topological polar surface area (TPSA) is 39.1 Å². The van der Waals surface area contributed by atoms with E-state index in [1.54, 1.807) is 0 Å². The van der Waals surface area contributed by atoms with Crippen molar-refractivity contribution < 1.29 is 4.74 Å². The summed E-state index contributed by atoms with van der Waals surface area (Å²) in [5, 5.41) is 7.75. The second kappa shape index (κ2) is 5.65. The van der Waals surface area contributed by atoms with E-state index in [0.29, 0.717) is 12.0 Å². The second-order valence-corrected chi connectivity index (χ2v) is 5.20. The van der Waals surface area contributed by atoms with E-state index in [0.717, 1.165) is 13.2 Å². The third-order valence-corrected chi connectivity index (χ3v) is 3.29. The number of hydrogen-bond acceptors (Lipinski definition) is 3. The summed E-state index contributed by atoms with van der Waals surface area (Å²) in [4.78, 5) is 0. The van der Waals surface area contributed by atoms with Crippen LogP contribution in [0.25, 0.3) is 0 Å². The van der Waals surface area contributed by atoms with E-state index in [1.807, 2.05) is 17.9 Å².